The number of hydrogen-bond acceptors (Lipinski definition) is 4. The van der Waals surface area contributed by atoms with E-state index < -0.39 is 23.1 Å². The van der Waals surface area contributed by atoms with Crippen LogP contribution < -0.4 is 10.6 Å². The second kappa shape index (κ2) is 12.2. The van der Waals surface area contributed by atoms with Gasteiger partial charge in [-0.1, -0.05) is 42.5 Å². The van der Waals surface area contributed by atoms with E-state index in [1.165, 1.54) is 11.8 Å². The van der Waals surface area contributed by atoms with E-state index in [0.717, 1.165) is 19.7 Å². The number of carboxylic acids is 1. The Kier molecular flexibility index (Phi) is 8.82. The Morgan fingerprint density at radius 1 is 0.806 bits per heavy atom. The number of carboxylic acid groups (broad SMARTS) is 1. The first-order valence-electron chi connectivity index (χ1n) is 11.5. The van der Waals surface area contributed by atoms with Crippen LogP contribution >= 0.6 is 34.4 Å². The molecule has 8 heteroatoms. The quantitative estimate of drug-likeness (QED) is 0.156. The predicted octanol–water partition coefficient (Wildman–Crippen LogP) is 6.37. The summed E-state index contributed by atoms with van der Waals surface area (Å²) >= 11 is 3.64. The first-order chi connectivity index (χ1) is 17.4. The van der Waals surface area contributed by atoms with Crippen molar-refractivity contribution in [3.8, 4) is 0 Å². The Bertz CT molecular complexity index is 1250. The maximum absolute atomic E-state index is 13.2. The minimum atomic E-state index is -0.957. The van der Waals surface area contributed by atoms with Crippen LogP contribution in [0.4, 0.5) is 11.4 Å². The minimum Gasteiger partial charge on any atom is -0.481 e. The molecule has 0 heterocycles. The summed E-state index contributed by atoms with van der Waals surface area (Å²) in [5.41, 5.74) is 2.20. The maximum Gasteiger partial charge on any atom is 0.307 e. The zero-order valence-corrected chi connectivity index (χ0v) is 22.2. The van der Waals surface area contributed by atoms with Crippen LogP contribution in [0.5, 0.6) is 0 Å². The van der Waals surface area contributed by atoms with Gasteiger partial charge in [-0.05, 0) is 89.5 Å². The molecule has 36 heavy (non-hydrogen) atoms. The number of amides is 2. The predicted molar refractivity (Wildman–Crippen MR) is 151 cm³/mol. The van der Waals surface area contributed by atoms with Crippen LogP contribution in [0, 0.1) is 15.4 Å². The number of thioether (sulfide) groups is 1. The van der Waals surface area contributed by atoms with E-state index in [1.54, 1.807) is 12.1 Å². The van der Waals surface area contributed by atoms with Crippen LogP contribution in [0.25, 0.3) is 0 Å². The highest BCUT2D eigenvalue weighted by molar-refractivity contribution is 14.1. The lowest BCUT2D eigenvalue weighted by Gasteiger charge is -2.24. The summed E-state index contributed by atoms with van der Waals surface area (Å²) in [6, 6.07) is 24.5. The number of nitrogens with one attached hydrogen (secondary N) is 2. The molecule has 2 amide bonds. The summed E-state index contributed by atoms with van der Waals surface area (Å²) < 4.78 is 1.09. The lowest BCUT2D eigenvalue weighted by atomic mass is 9.82. The van der Waals surface area contributed by atoms with Gasteiger partial charge in [-0.2, -0.15) is 0 Å². The lowest BCUT2D eigenvalue weighted by molar-refractivity contribution is -0.146. The molecule has 3 aromatic rings. The van der Waals surface area contributed by atoms with Crippen molar-refractivity contribution in [3.63, 3.8) is 0 Å². The third-order valence-electron chi connectivity index (χ3n) is 5.91. The maximum atomic E-state index is 13.2. The van der Waals surface area contributed by atoms with Crippen molar-refractivity contribution in [1.29, 1.82) is 0 Å². The second-order valence-corrected chi connectivity index (χ2v) is 10.8. The Balaban J connectivity index is 1.46. The Morgan fingerprint density at radius 3 is 2.03 bits per heavy atom. The summed E-state index contributed by atoms with van der Waals surface area (Å²) in [7, 11) is 0. The number of aliphatic carboxylic acids is 1. The second-order valence-electron chi connectivity index (χ2n) is 8.41. The molecule has 0 fully saturated rings. The molecule has 0 saturated carbocycles. The molecule has 0 aromatic heterocycles. The highest BCUT2D eigenvalue weighted by atomic mass is 127. The molecule has 1 aliphatic carbocycles. The zero-order valence-electron chi connectivity index (χ0n) is 19.3. The van der Waals surface area contributed by atoms with Crippen molar-refractivity contribution in [2.45, 2.75) is 23.0 Å². The Morgan fingerprint density at radius 2 is 1.39 bits per heavy atom. The third-order valence-corrected chi connectivity index (χ3v) is 7.90. The van der Waals surface area contributed by atoms with E-state index in [9.17, 15) is 19.5 Å². The van der Waals surface area contributed by atoms with Crippen LogP contribution in [0.3, 0.4) is 0 Å². The molecule has 1 aliphatic rings. The molecule has 0 aliphatic heterocycles. The van der Waals surface area contributed by atoms with Crippen molar-refractivity contribution in [2.24, 2.45) is 11.8 Å². The van der Waals surface area contributed by atoms with Crippen LogP contribution in [-0.2, 0) is 14.4 Å². The van der Waals surface area contributed by atoms with E-state index in [4.69, 9.17) is 0 Å². The Hall–Kier alpha value is -3.11. The number of rotatable bonds is 8. The number of hydrogen-bond donors (Lipinski definition) is 3. The van der Waals surface area contributed by atoms with Crippen LogP contribution in [-0.4, -0.2) is 22.9 Å². The normalized spacial score (nSPS) is 17.7. The standard InChI is InChI=1S/C28H25IN2O4S/c29-19-10-12-20(13-11-19)31-27(33)25(18-6-2-1-3-7-18)36-22-16-14-21(15-17-22)30-26(32)23-8-4-5-9-24(23)28(34)35/h1-7,10-17,23-25H,8-9H2,(H,30,32)(H,31,33)(H,34,35). The summed E-state index contributed by atoms with van der Waals surface area (Å²) in [6.07, 6.45) is 4.43. The lowest BCUT2D eigenvalue weighted by Crippen LogP contribution is -2.34. The summed E-state index contributed by atoms with van der Waals surface area (Å²) in [5, 5.41) is 14.8. The highest BCUT2D eigenvalue weighted by Gasteiger charge is 2.34. The molecule has 0 bridgehead atoms. The van der Waals surface area contributed by atoms with Crippen LogP contribution in [0.1, 0.15) is 23.7 Å². The topological polar surface area (TPSA) is 95.5 Å². The zero-order chi connectivity index (χ0) is 25.5. The molecule has 0 spiro atoms. The molecule has 184 valence electrons. The number of carbonyl (C=O) groups excluding carboxylic acids is 2. The first kappa shape index (κ1) is 26.0. The van der Waals surface area contributed by atoms with Crippen molar-refractivity contribution in [2.75, 3.05) is 10.6 Å². The molecule has 3 aromatic carbocycles. The number of benzene rings is 3. The molecule has 3 atom stereocenters. The van der Waals surface area contributed by atoms with Crippen molar-refractivity contribution in [1.82, 2.24) is 0 Å². The number of halogens is 1. The smallest absolute Gasteiger partial charge is 0.307 e. The van der Waals surface area contributed by atoms with Gasteiger partial charge < -0.3 is 15.7 Å². The SMILES string of the molecule is O=C(Nc1ccc(I)cc1)C(Sc1ccc(NC(=O)C2CC=CCC2C(=O)O)cc1)c1ccccc1. The summed E-state index contributed by atoms with van der Waals surface area (Å²) in [6.45, 7) is 0. The number of allylic oxidation sites excluding steroid dienone is 2. The van der Waals surface area contributed by atoms with Crippen molar-refractivity contribution < 1.29 is 19.5 Å². The highest BCUT2D eigenvalue weighted by Crippen LogP contribution is 2.37. The molecule has 3 unspecified atom stereocenters. The first-order valence-corrected chi connectivity index (χ1v) is 13.4. The average Bonchev–Trinajstić information content (AvgIpc) is 2.90. The molecular formula is C28H25IN2O4S. The molecule has 0 radical (unpaired) electrons. The molecular weight excluding hydrogens is 587 g/mol. The van der Waals surface area contributed by atoms with Gasteiger partial charge in [0.05, 0.1) is 11.8 Å². The van der Waals surface area contributed by atoms with Crippen LogP contribution in [0.2, 0.25) is 0 Å². The van der Waals surface area contributed by atoms with Crippen molar-refractivity contribution >= 4 is 63.5 Å². The Labute approximate surface area is 227 Å². The van der Waals surface area contributed by atoms with E-state index in [2.05, 4.69) is 33.2 Å². The average molecular weight is 612 g/mol. The van der Waals surface area contributed by atoms with E-state index in [1.807, 2.05) is 78.9 Å². The number of anilines is 2. The fourth-order valence-electron chi connectivity index (χ4n) is 4.01. The van der Waals surface area contributed by atoms with E-state index >= 15 is 0 Å². The van der Waals surface area contributed by atoms with Gasteiger partial charge in [0, 0.05) is 19.8 Å². The molecule has 0 saturated heterocycles. The largest absolute Gasteiger partial charge is 0.481 e. The fraction of sp³-hybridized carbons (Fsp3) is 0.179. The van der Waals surface area contributed by atoms with Gasteiger partial charge in [0.25, 0.3) is 0 Å². The van der Waals surface area contributed by atoms with E-state index in [0.29, 0.717) is 18.5 Å². The van der Waals surface area contributed by atoms with Gasteiger partial charge in [0.1, 0.15) is 5.25 Å². The van der Waals surface area contributed by atoms with Gasteiger partial charge in [0.15, 0.2) is 0 Å². The number of carbonyl (C=O) groups is 3. The van der Waals surface area contributed by atoms with Gasteiger partial charge in [-0.15, -0.1) is 11.8 Å². The summed E-state index contributed by atoms with van der Waals surface area (Å²) in [5.74, 6) is -2.71. The fourth-order valence-corrected chi connectivity index (χ4v) is 5.39. The molecule has 6 nitrogen and oxygen atoms in total. The van der Waals surface area contributed by atoms with Crippen LogP contribution in [0.15, 0.2) is 95.9 Å². The monoisotopic (exact) mass is 612 g/mol. The van der Waals surface area contributed by atoms with Gasteiger partial charge in [-0.25, -0.2) is 0 Å². The minimum absolute atomic E-state index is 0.130. The molecule has 3 N–H and O–H groups in total. The molecule has 4 rings (SSSR count). The third kappa shape index (κ3) is 6.76. The van der Waals surface area contributed by atoms with Gasteiger partial charge in [0.2, 0.25) is 11.8 Å². The summed E-state index contributed by atoms with van der Waals surface area (Å²) in [4.78, 5) is 38.4. The van der Waals surface area contributed by atoms with Crippen molar-refractivity contribution in [3.05, 3.63) is 100 Å². The van der Waals surface area contributed by atoms with Gasteiger partial charge >= 0.3 is 5.97 Å². The van der Waals surface area contributed by atoms with Gasteiger partial charge in [-0.3, -0.25) is 14.4 Å². The van der Waals surface area contributed by atoms with E-state index in [-0.39, 0.29) is 11.8 Å².